The quantitative estimate of drug-likeness (QED) is 0.337. The summed E-state index contributed by atoms with van der Waals surface area (Å²) in [7, 11) is 0. The maximum atomic E-state index is 11.8. The van der Waals surface area contributed by atoms with Crippen molar-refractivity contribution in [1.82, 2.24) is 9.99 Å². The molecule has 6 heteroatoms. The van der Waals surface area contributed by atoms with Gasteiger partial charge in [-0.05, 0) is 68.8 Å². The van der Waals surface area contributed by atoms with Crippen LogP contribution in [0.5, 0.6) is 0 Å². The van der Waals surface area contributed by atoms with Gasteiger partial charge in [0, 0.05) is 27.7 Å². The van der Waals surface area contributed by atoms with E-state index in [4.69, 9.17) is 16.3 Å². The van der Waals surface area contributed by atoms with E-state index in [0.29, 0.717) is 18.7 Å². The molecule has 0 fully saturated rings. The first kappa shape index (κ1) is 20.7. The number of hydrogen-bond acceptors (Lipinski definition) is 4. The molecule has 3 rings (SSSR count). The third-order valence-electron chi connectivity index (χ3n) is 4.60. The Balaban J connectivity index is 1.71. The summed E-state index contributed by atoms with van der Waals surface area (Å²) in [4.78, 5) is 11.8. The van der Waals surface area contributed by atoms with Gasteiger partial charge in [0.15, 0.2) is 0 Å². The molecule has 29 heavy (non-hydrogen) atoms. The lowest BCUT2D eigenvalue weighted by atomic mass is 10.2. The number of hydrogen-bond donors (Lipinski definition) is 1. The van der Waals surface area contributed by atoms with Gasteiger partial charge in [-0.25, -0.2) is 4.79 Å². The van der Waals surface area contributed by atoms with Crippen LogP contribution in [0.1, 0.15) is 39.8 Å². The van der Waals surface area contributed by atoms with Gasteiger partial charge >= 0.3 is 5.97 Å². The Hall–Kier alpha value is -3.05. The lowest BCUT2D eigenvalue weighted by Gasteiger charge is -2.10. The topological polar surface area (TPSA) is 55.6 Å². The molecule has 0 spiro atoms. The molecule has 1 N–H and O–H groups in total. The van der Waals surface area contributed by atoms with Crippen LogP contribution in [0.25, 0.3) is 5.69 Å². The van der Waals surface area contributed by atoms with E-state index in [0.717, 1.165) is 33.2 Å². The highest BCUT2D eigenvalue weighted by atomic mass is 35.5. The smallest absolute Gasteiger partial charge is 0.338 e. The van der Waals surface area contributed by atoms with Crippen molar-refractivity contribution >= 4 is 23.8 Å². The standard InChI is InChI=1S/C23H24ClN3O2/c1-4-29-23(28)19-7-11-22(12-8-19)27-16(2)13-20(17(27)3)15-26-25-14-18-5-9-21(24)10-6-18/h5-13,15,25H,4,14H2,1-3H3/b26-15-. The van der Waals surface area contributed by atoms with Crippen LogP contribution in [0, 0.1) is 13.8 Å². The van der Waals surface area contributed by atoms with Crippen molar-refractivity contribution in [3.05, 3.63) is 87.7 Å². The number of rotatable bonds is 7. The van der Waals surface area contributed by atoms with Gasteiger partial charge in [-0.2, -0.15) is 5.10 Å². The van der Waals surface area contributed by atoms with Gasteiger partial charge in [0.25, 0.3) is 0 Å². The zero-order valence-electron chi connectivity index (χ0n) is 16.8. The second-order valence-corrected chi connectivity index (χ2v) is 7.09. The van der Waals surface area contributed by atoms with E-state index in [2.05, 4.69) is 21.2 Å². The Morgan fingerprint density at radius 1 is 1.14 bits per heavy atom. The molecule has 0 bridgehead atoms. The largest absolute Gasteiger partial charge is 0.462 e. The third-order valence-corrected chi connectivity index (χ3v) is 4.85. The Kier molecular flexibility index (Phi) is 6.73. The van der Waals surface area contributed by atoms with Crippen molar-refractivity contribution in [2.45, 2.75) is 27.3 Å². The average molecular weight is 410 g/mol. The number of carbonyl (C=O) groups is 1. The van der Waals surface area contributed by atoms with Crippen molar-refractivity contribution < 1.29 is 9.53 Å². The maximum absolute atomic E-state index is 11.8. The number of benzene rings is 2. The molecule has 0 aliphatic carbocycles. The summed E-state index contributed by atoms with van der Waals surface area (Å²) in [5.74, 6) is -0.306. The van der Waals surface area contributed by atoms with Crippen molar-refractivity contribution in [2.24, 2.45) is 5.10 Å². The fraction of sp³-hybridized carbons (Fsp3) is 0.217. The molecule has 0 atom stereocenters. The summed E-state index contributed by atoms with van der Waals surface area (Å²) in [5, 5.41) is 5.07. The Morgan fingerprint density at radius 2 is 1.83 bits per heavy atom. The molecule has 0 radical (unpaired) electrons. The van der Waals surface area contributed by atoms with Gasteiger partial charge in [0.1, 0.15) is 0 Å². The van der Waals surface area contributed by atoms with Crippen LogP contribution in [0.3, 0.4) is 0 Å². The van der Waals surface area contributed by atoms with Crippen LogP contribution >= 0.6 is 11.6 Å². The number of aromatic nitrogens is 1. The predicted molar refractivity (Wildman–Crippen MR) is 117 cm³/mol. The van der Waals surface area contributed by atoms with Crippen molar-refractivity contribution in [2.75, 3.05) is 6.61 Å². The van der Waals surface area contributed by atoms with E-state index >= 15 is 0 Å². The summed E-state index contributed by atoms with van der Waals surface area (Å²) in [6.07, 6.45) is 1.82. The number of ether oxygens (including phenoxy) is 1. The monoisotopic (exact) mass is 409 g/mol. The minimum absolute atomic E-state index is 0.306. The van der Waals surface area contributed by atoms with Gasteiger partial charge in [0.05, 0.1) is 24.9 Å². The van der Waals surface area contributed by atoms with E-state index in [-0.39, 0.29) is 5.97 Å². The van der Waals surface area contributed by atoms with Crippen LogP contribution in [0.15, 0.2) is 59.7 Å². The average Bonchev–Trinajstić information content (AvgIpc) is 3.00. The molecular formula is C23H24ClN3O2. The number of aryl methyl sites for hydroxylation is 1. The minimum atomic E-state index is -0.306. The minimum Gasteiger partial charge on any atom is -0.462 e. The Labute approximate surface area is 176 Å². The molecule has 0 amide bonds. The molecule has 0 unspecified atom stereocenters. The first-order valence-corrected chi connectivity index (χ1v) is 9.84. The summed E-state index contributed by atoms with van der Waals surface area (Å²) in [6, 6.07) is 17.2. The number of hydrazone groups is 1. The van der Waals surface area contributed by atoms with E-state index in [1.54, 1.807) is 19.1 Å². The lowest BCUT2D eigenvalue weighted by molar-refractivity contribution is 0.0526. The molecule has 5 nitrogen and oxygen atoms in total. The molecule has 1 heterocycles. The molecule has 1 aromatic heterocycles. The number of nitrogens with one attached hydrogen (secondary N) is 1. The predicted octanol–water partition coefficient (Wildman–Crippen LogP) is 5.05. The number of nitrogens with zero attached hydrogens (tertiary/aromatic N) is 2. The molecule has 3 aromatic rings. The summed E-state index contributed by atoms with van der Waals surface area (Å²) < 4.78 is 7.18. The second-order valence-electron chi connectivity index (χ2n) is 6.65. The van der Waals surface area contributed by atoms with Crippen molar-refractivity contribution in [1.29, 1.82) is 0 Å². The Bertz CT molecular complexity index is 1010. The van der Waals surface area contributed by atoms with E-state index in [1.807, 2.05) is 56.5 Å². The number of esters is 1. The van der Waals surface area contributed by atoms with Crippen LogP contribution in [-0.2, 0) is 11.3 Å². The molecule has 0 aliphatic rings. The first-order valence-electron chi connectivity index (χ1n) is 9.46. The summed E-state index contributed by atoms with van der Waals surface area (Å²) in [5.41, 5.74) is 8.90. The third kappa shape index (κ3) is 5.06. The molecule has 0 aliphatic heterocycles. The van der Waals surface area contributed by atoms with Crippen LogP contribution in [0.2, 0.25) is 5.02 Å². The second kappa shape index (κ2) is 9.43. The van der Waals surface area contributed by atoms with Crippen LogP contribution < -0.4 is 5.43 Å². The zero-order valence-corrected chi connectivity index (χ0v) is 17.5. The van der Waals surface area contributed by atoms with Crippen LogP contribution in [-0.4, -0.2) is 23.4 Å². The summed E-state index contributed by atoms with van der Waals surface area (Å²) in [6.45, 7) is 6.89. The number of carbonyl (C=O) groups excluding carboxylic acids is 1. The van der Waals surface area contributed by atoms with E-state index < -0.39 is 0 Å². The molecular weight excluding hydrogens is 386 g/mol. The molecule has 0 saturated heterocycles. The molecule has 2 aromatic carbocycles. The normalized spacial score (nSPS) is 11.0. The number of halogens is 1. The van der Waals surface area contributed by atoms with Gasteiger partial charge in [-0.1, -0.05) is 23.7 Å². The fourth-order valence-corrected chi connectivity index (χ4v) is 3.26. The van der Waals surface area contributed by atoms with Crippen molar-refractivity contribution in [3.63, 3.8) is 0 Å². The highest BCUT2D eigenvalue weighted by Gasteiger charge is 2.11. The van der Waals surface area contributed by atoms with Crippen molar-refractivity contribution in [3.8, 4) is 5.69 Å². The van der Waals surface area contributed by atoms with Gasteiger partial charge in [0.2, 0.25) is 0 Å². The van der Waals surface area contributed by atoms with Gasteiger partial charge in [-0.15, -0.1) is 0 Å². The molecule has 0 saturated carbocycles. The van der Waals surface area contributed by atoms with Crippen LogP contribution in [0.4, 0.5) is 0 Å². The van der Waals surface area contributed by atoms with E-state index in [9.17, 15) is 4.79 Å². The Morgan fingerprint density at radius 3 is 2.48 bits per heavy atom. The first-order chi connectivity index (χ1) is 14.0. The fourth-order valence-electron chi connectivity index (χ4n) is 3.13. The SMILES string of the molecule is CCOC(=O)c1ccc(-n2c(C)cc(/C=N\NCc3ccc(Cl)cc3)c2C)cc1. The van der Waals surface area contributed by atoms with E-state index in [1.165, 1.54) is 0 Å². The summed E-state index contributed by atoms with van der Waals surface area (Å²) >= 11 is 5.90. The maximum Gasteiger partial charge on any atom is 0.338 e. The molecule has 150 valence electrons. The van der Waals surface area contributed by atoms with Gasteiger partial charge in [-0.3, -0.25) is 0 Å². The van der Waals surface area contributed by atoms with Gasteiger partial charge < -0.3 is 14.7 Å². The highest BCUT2D eigenvalue weighted by molar-refractivity contribution is 6.30. The zero-order chi connectivity index (χ0) is 20.8. The lowest BCUT2D eigenvalue weighted by Crippen LogP contribution is -2.06. The highest BCUT2D eigenvalue weighted by Crippen LogP contribution is 2.20.